The summed E-state index contributed by atoms with van der Waals surface area (Å²) in [7, 11) is 0. The number of carbonyl (C=O) groups is 2. The summed E-state index contributed by atoms with van der Waals surface area (Å²) in [5, 5.41) is 0. The Bertz CT molecular complexity index is 544. The molecular formula is C16H20FNO3. The average Bonchev–Trinajstić information content (AvgIpc) is 2.47. The van der Waals surface area contributed by atoms with E-state index in [0.717, 1.165) is 12.8 Å². The minimum Gasteiger partial charge on any atom is -0.464 e. The Balaban J connectivity index is 2.40. The summed E-state index contributed by atoms with van der Waals surface area (Å²) in [5.74, 6) is -1.19. The zero-order valence-electron chi connectivity index (χ0n) is 12.4. The van der Waals surface area contributed by atoms with Gasteiger partial charge in [-0.2, -0.15) is 0 Å². The van der Waals surface area contributed by atoms with Gasteiger partial charge in [0, 0.05) is 6.54 Å². The fourth-order valence-electron chi connectivity index (χ4n) is 2.80. The van der Waals surface area contributed by atoms with Gasteiger partial charge in [0.2, 0.25) is 0 Å². The second kappa shape index (κ2) is 6.70. The van der Waals surface area contributed by atoms with Crippen molar-refractivity contribution in [1.82, 2.24) is 0 Å². The van der Waals surface area contributed by atoms with Crippen LogP contribution in [-0.2, 0) is 9.53 Å². The number of hydrogen-bond acceptors (Lipinski definition) is 4. The maximum absolute atomic E-state index is 14.0. The van der Waals surface area contributed by atoms with Crippen LogP contribution in [0.1, 0.15) is 43.5 Å². The monoisotopic (exact) mass is 293 g/mol. The molecule has 0 bridgehead atoms. The van der Waals surface area contributed by atoms with Crippen LogP contribution >= 0.6 is 0 Å². The summed E-state index contributed by atoms with van der Waals surface area (Å²) < 4.78 is 19.1. The van der Waals surface area contributed by atoms with Crippen molar-refractivity contribution < 1.29 is 18.7 Å². The van der Waals surface area contributed by atoms with Crippen molar-refractivity contribution in [1.29, 1.82) is 0 Å². The molecule has 0 amide bonds. The Morgan fingerprint density at radius 3 is 2.81 bits per heavy atom. The van der Waals surface area contributed by atoms with Gasteiger partial charge >= 0.3 is 5.97 Å². The highest BCUT2D eigenvalue weighted by atomic mass is 19.1. The number of nitrogens with zero attached hydrogens (tertiary/aromatic N) is 1. The molecule has 5 heteroatoms. The molecule has 1 aromatic rings. The van der Waals surface area contributed by atoms with E-state index in [1.54, 1.807) is 24.0 Å². The van der Waals surface area contributed by atoms with E-state index >= 15 is 0 Å². The molecule has 1 atom stereocenters. The number of esters is 1. The van der Waals surface area contributed by atoms with Gasteiger partial charge in [-0.15, -0.1) is 0 Å². The van der Waals surface area contributed by atoms with E-state index in [2.05, 4.69) is 0 Å². The molecule has 4 nitrogen and oxygen atoms in total. The van der Waals surface area contributed by atoms with Crippen LogP contribution in [0.5, 0.6) is 0 Å². The van der Waals surface area contributed by atoms with Crippen molar-refractivity contribution in [3.05, 3.63) is 29.6 Å². The summed E-state index contributed by atoms with van der Waals surface area (Å²) in [6.07, 6.45) is 2.49. The van der Waals surface area contributed by atoms with Crippen molar-refractivity contribution >= 4 is 17.4 Å². The minimum atomic E-state index is -0.548. The molecule has 1 saturated heterocycles. The normalized spacial score (nSPS) is 18.4. The Labute approximate surface area is 123 Å². The summed E-state index contributed by atoms with van der Waals surface area (Å²) in [6, 6.07) is 4.08. The van der Waals surface area contributed by atoms with Gasteiger partial charge in [-0.1, -0.05) is 6.07 Å². The molecule has 0 N–H and O–H groups in total. The predicted molar refractivity (Wildman–Crippen MR) is 78.0 cm³/mol. The highest BCUT2D eigenvalue weighted by Crippen LogP contribution is 2.30. The van der Waals surface area contributed by atoms with E-state index in [0.29, 0.717) is 25.3 Å². The van der Waals surface area contributed by atoms with Crippen LogP contribution in [0, 0.1) is 5.82 Å². The lowest BCUT2D eigenvalue weighted by Crippen LogP contribution is -2.46. The molecule has 1 aliphatic heterocycles. The van der Waals surface area contributed by atoms with Gasteiger partial charge < -0.3 is 9.64 Å². The van der Waals surface area contributed by atoms with Crippen molar-refractivity contribution in [2.24, 2.45) is 0 Å². The van der Waals surface area contributed by atoms with Gasteiger partial charge in [0.1, 0.15) is 11.9 Å². The standard InChI is InChI=1S/C16H20FNO3/c1-3-21-16(20)14-8-4-5-10-18(14)13-9-6-7-12(17)15(13)11(2)19/h6-7,9,14H,3-5,8,10H2,1-2H3. The fraction of sp³-hybridized carbons (Fsp3) is 0.500. The molecule has 114 valence electrons. The maximum Gasteiger partial charge on any atom is 0.328 e. The van der Waals surface area contributed by atoms with Crippen molar-refractivity contribution in [3.8, 4) is 0 Å². The van der Waals surface area contributed by atoms with E-state index in [1.807, 2.05) is 0 Å². The molecule has 1 unspecified atom stereocenters. The number of ether oxygens (including phenoxy) is 1. The topological polar surface area (TPSA) is 46.6 Å². The minimum absolute atomic E-state index is 0.0497. The van der Waals surface area contributed by atoms with E-state index < -0.39 is 11.9 Å². The van der Waals surface area contributed by atoms with E-state index in [-0.39, 0.29) is 17.3 Å². The number of carbonyl (C=O) groups excluding carboxylic acids is 2. The highest BCUT2D eigenvalue weighted by Gasteiger charge is 2.32. The molecule has 0 spiro atoms. The highest BCUT2D eigenvalue weighted by molar-refractivity contribution is 6.00. The molecule has 2 rings (SSSR count). The molecule has 0 aromatic heterocycles. The molecule has 0 radical (unpaired) electrons. The Hall–Kier alpha value is -1.91. The lowest BCUT2D eigenvalue weighted by Gasteiger charge is -2.36. The number of halogens is 1. The van der Waals surface area contributed by atoms with E-state index in [1.165, 1.54) is 13.0 Å². The second-order valence-corrected chi connectivity index (χ2v) is 5.15. The number of hydrogen-bond donors (Lipinski definition) is 0. The van der Waals surface area contributed by atoms with Gasteiger partial charge in [-0.25, -0.2) is 9.18 Å². The quantitative estimate of drug-likeness (QED) is 0.632. The van der Waals surface area contributed by atoms with Gasteiger partial charge in [0.25, 0.3) is 0 Å². The first-order valence-corrected chi connectivity index (χ1v) is 7.29. The summed E-state index contributed by atoms with van der Waals surface area (Å²) in [6.45, 7) is 4.03. The number of rotatable bonds is 4. The molecule has 1 aromatic carbocycles. The number of piperidine rings is 1. The summed E-state index contributed by atoms with van der Waals surface area (Å²) in [5.41, 5.74) is 0.536. The molecular weight excluding hydrogens is 273 g/mol. The zero-order chi connectivity index (χ0) is 15.4. The fourth-order valence-corrected chi connectivity index (χ4v) is 2.80. The first-order valence-electron chi connectivity index (χ1n) is 7.29. The Kier molecular flexibility index (Phi) is 4.94. The summed E-state index contributed by atoms with van der Waals surface area (Å²) >= 11 is 0. The second-order valence-electron chi connectivity index (χ2n) is 5.15. The zero-order valence-corrected chi connectivity index (χ0v) is 12.4. The largest absolute Gasteiger partial charge is 0.464 e. The first kappa shape index (κ1) is 15.5. The van der Waals surface area contributed by atoms with Crippen LogP contribution in [0.25, 0.3) is 0 Å². The average molecular weight is 293 g/mol. The molecule has 21 heavy (non-hydrogen) atoms. The molecule has 0 saturated carbocycles. The molecule has 0 aliphatic carbocycles. The van der Waals surface area contributed by atoms with Crippen LogP contribution in [-0.4, -0.2) is 30.9 Å². The maximum atomic E-state index is 14.0. The third-order valence-electron chi connectivity index (χ3n) is 3.71. The van der Waals surface area contributed by atoms with Crippen LogP contribution in [0.3, 0.4) is 0 Å². The lowest BCUT2D eigenvalue weighted by atomic mass is 9.98. The van der Waals surface area contributed by atoms with Crippen molar-refractivity contribution in [3.63, 3.8) is 0 Å². The number of anilines is 1. The van der Waals surface area contributed by atoms with Gasteiger partial charge in [-0.05, 0) is 45.2 Å². The van der Waals surface area contributed by atoms with E-state index in [9.17, 15) is 14.0 Å². The van der Waals surface area contributed by atoms with Crippen molar-refractivity contribution in [2.45, 2.75) is 39.2 Å². The van der Waals surface area contributed by atoms with E-state index in [4.69, 9.17) is 4.74 Å². The third kappa shape index (κ3) is 3.23. The smallest absolute Gasteiger partial charge is 0.328 e. The van der Waals surface area contributed by atoms with Crippen LogP contribution in [0.4, 0.5) is 10.1 Å². The Morgan fingerprint density at radius 1 is 1.38 bits per heavy atom. The predicted octanol–water partition coefficient (Wildman–Crippen LogP) is 2.95. The first-order chi connectivity index (χ1) is 10.1. The number of ketones is 1. The lowest BCUT2D eigenvalue weighted by molar-refractivity contribution is -0.145. The van der Waals surface area contributed by atoms with Crippen LogP contribution in [0.2, 0.25) is 0 Å². The van der Waals surface area contributed by atoms with Gasteiger partial charge in [0.15, 0.2) is 5.78 Å². The SMILES string of the molecule is CCOC(=O)C1CCCCN1c1cccc(F)c1C(C)=O. The molecule has 1 aliphatic rings. The molecule has 1 fully saturated rings. The number of benzene rings is 1. The number of Topliss-reactive ketones (excluding diaryl/α,β-unsaturated/α-hetero) is 1. The molecule has 1 heterocycles. The summed E-state index contributed by atoms with van der Waals surface area (Å²) in [4.78, 5) is 25.7. The van der Waals surface area contributed by atoms with Crippen LogP contribution < -0.4 is 4.90 Å². The van der Waals surface area contributed by atoms with Crippen LogP contribution in [0.15, 0.2) is 18.2 Å². The Morgan fingerprint density at radius 2 is 2.14 bits per heavy atom. The van der Waals surface area contributed by atoms with Crippen molar-refractivity contribution in [2.75, 3.05) is 18.1 Å². The van der Waals surface area contributed by atoms with Gasteiger partial charge in [0.05, 0.1) is 17.9 Å². The van der Waals surface area contributed by atoms with Gasteiger partial charge in [-0.3, -0.25) is 4.79 Å². The third-order valence-corrected chi connectivity index (χ3v) is 3.71.